The summed E-state index contributed by atoms with van der Waals surface area (Å²) >= 11 is 12.1. The molecule has 0 bridgehead atoms. The largest absolute Gasteiger partial charge is 0.411 e. The number of oxime groups is 1. The lowest BCUT2D eigenvalue weighted by Gasteiger charge is -2.27. The molecular weight excluding hydrogens is 271 g/mol. The second-order valence-corrected chi connectivity index (χ2v) is 5.79. The molecule has 0 saturated carbocycles. The topological polar surface area (TPSA) is 35.8 Å². The molecule has 0 saturated heterocycles. The fourth-order valence-corrected chi connectivity index (χ4v) is 2.06. The number of benzene rings is 1. The fourth-order valence-electron chi connectivity index (χ4n) is 1.73. The minimum Gasteiger partial charge on any atom is -0.411 e. The molecule has 0 amide bonds. The Morgan fingerprint density at radius 1 is 1.17 bits per heavy atom. The summed E-state index contributed by atoms with van der Waals surface area (Å²) in [5.74, 6) is 0. The van der Waals surface area contributed by atoms with E-state index in [4.69, 9.17) is 28.4 Å². The summed E-state index contributed by atoms with van der Waals surface area (Å²) < 4.78 is 0. The standard InChI is InChI=1S/C13H18Cl2N2O/c1-10(14)8-17(9-11(2)15)13-5-3-12(4-6-13)7-16-18/h3-7,10-11,18H,8-9H2,1-2H3. The lowest BCUT2D eigenvalue weighted by atomic mass is 10.2. The van der Waals surface area contributed by atoms with Crippen molar-refractivity contribution in [1.29, 1.82) is 0 Å². The zero-order valence-corrected chi connectivity index (χ0v) is 12.1. The first-order valence-electron chi connectivity index (χ1n) is 5.83. The Bertz CT molecular complexity index is 367. The maximum Gasteiger partial charge on any atom is 0.0733 e. The second kappa shape index (κ2) is 7.49. The summed E-state index contributed by atoms with van der Waals surface area (Å²) in [5, 5.41) is 11.6. The normalized spacial score (nSPS) is 14.7. The highest BCUT2D eigenvalue weighted by molar-refractivity contribution is 6.21. The number of nitrogens with zero attached hydrogens (tertiary/aromatic N) is 2. The van der Waals surface area contributed by atoms with Gasteiger partial charge in [-0.1, -0.05) is 17.3 Å². The predicted octanol–water partition coefficient (Wildman–Crippen LogP) is 3.56. The Morgan fingerprint density at radius 2 is 1.67 bits per heavy atom. The Morgan fingerprint density at radius 3 is 2.06 bits per heavy atom. The van der Waals surface area contributed by atoms with Gasteiger partial charge in [-0.25, -0.2) is 0 Å². The molecule has 1 N–H and O–H groups in total. The third kappa shape index (κ3) is 5.15. The smallest absolute Gasteiger partial charge is 0.0733 e. The average Bonchev–Trinajstić information content (AvgIpc) is 2.28. The van der Waals surface area contributed by atoms with E-state index in [9.17, 15) is 0 Å². The van der Waals surface area contributed by atoms with Gasteiger partial charge in [-0.05, 0) is 31.5 Å². The van der Waals surface area contributed by atoms with Crippen molar-refractivity contribution in [2.75, 3.05) is 18.0 Å². The Balaban J connectivity index is 2.83. The summed E-state index contributed by atoms with van der Waals surface area (Å²) in [7, 11) is 0. The van der Waals surface area contributed by atoms with Crippen LogP contribution in [0.25, 0.3) is 0 Å². The summed E-state index contributed by atoms with van der Waals surface area (Å²) in [4.78, 5) is 2.15. The van der Waals surface area contributed by atoms with Gasteiger partial charge in [0.05, 0.1) is 6.21 Å². The molecule has 0 spiro atoms. The van der Waals surface area contributed by atoms with Crippen molar-refractivity contribution in [3.63, 3.8) is 0 Å². The van der Waals surface area contributed by atoms with Crippen LogP contribution >= 0.6 is 23.2 Å². The fraction of sp³-hybridized carbons (Fsp3) is 0.462. The van der Waals surface area contributed by atoms with E-state index in [2.05, 4.69) is 10.1 Å². The van der Waals surface area contributed by atoms with Crippen LogP contribution in [0.5, 0.6) is 0 Å². The van der Waals surface area contributed by atoms with Crippen LogP contribution in [-0.4, -0.2) is 35.3 Å². The molecule has 1 aromatic carbocycles. The van der Waals surface area contributed by atoms with E-state index in [1.165, 1.54) is 6.21 Å². The molecule has 0 radical (unpaired) electrons. The van der Waals surface area contributed by atoms with Crippen molar-refractivity contribution in [2.24, 2.45) is 5.16 Å². The molecule has 1 rings (SSSR count). The molecule has 0 heterocycles. The second-order valence-electron chi connectivity index (χ2n) is 4.30. The SMILES string of the molecule is CC(Cl)CN(CC(C)Cl)c1ccc(C=NO)cc1. The summed E-state index contributed by atoms with van der Waals surface area (Å²) in [6.07, 6.45) is 1.39. The van der Waals surface area contributed by atoms with Crippen LogP contribution in [0.15, 0.2) is 29.4 Å². The van der Waals surface area contributed by atoms with E-state index in [-0.39, 0.29) is 10.8 Å². The molecule has 0 fully saturated rings. The van der Waals surface area contributed by atoms with Gasteiger partial charge in [0.15, 0.2) is 0 Å². The molecule has 18 heavy (non-hydrogen) atoms. The van der Waals surface area contributed by atoms with E-state index in [0.717, 1.165) is 24.3 Å². The van der Waals surface area contributed by atoms with Gasteiger partial charge in [0, 0.05) is 29.5 Å². The molecule has 3 nitrogen and oxygen atoms in total. The van der Waals surface area contributed by atoms with Crippen LogP contribution in [0, 0.1) is 0 Å². The monoisotopic (exact) mass is 288 g/mol. The molecule has 2 atom stereocenters. The van der Waals surface area contributed by atoms with Gasteiger partial charge in [-0.15, -0.1) is 23.2 Å². The van der Waals surface area contributed by atoms with E-state index >= 15 is 0 Å². The van der Waals surface area contributed by atoms with Gasteiger partial charge in [-0.3, -0.25) is 0 Å². The highest BCUT2D eigenvalue weighted by Crippen LogP contribution is 2.17. The molecule has 0 aliphatic heterocycles. The molecular formula is C13H18Cl2N2O. The number of halogens is 2. The highest BCUT2D eigenvalue weighted by Gasteiger charge is 2.11. The molecule has 5 heteroatoms. The van der Waals surface area contributed by atoms with Crippen LogP contribution in [-0.2, 0) is 0 Å². The molecule has 0 aliphatic rings. The van der Waals surface area contributed by atoms with Crippen LogP contribution in [0.1, 0.15) is 19.4 Å². The summed E-state index contributed by atoms with van der Waals surface area (Å²) in [6.45, 7) is 5.40. The van der Waals surface area contributed by atoms with Crippen molar-refractivity contribution in [1.82, 2.24) is 0 Å². The van der Waals surface area contributed by atoms with Crippen LogP contribution in [0.2, 0.25) is 0 Å². The Labute approximate surface area is 118 Å². The minimum atomic E-state index is 0.0547. The van der Waals surface area contributed by atoms with Crippen molar-refractivity contribution < 1.29 is 5.21 Å². The van der Waals surface area contributed by atoms with Gasteiger partial charge in [-0.2, -0.15) is 0 Å². The number of hydrogen-bond acceptors (Lipinski definition) is 3. The van der Waals surface area contributed by atoms with Gasteiger partial charge >= 0.3 is 0 Å². The van der Waals surface area contributed by atoms with Gasteiger partial charge < -0.3 is 10.1 Å². The first kappa shape index (κ1) is 15.1. The zero-order chi connectivity index (χ0) is 13.5. The lowest BCUT2D eigenvalue weighted by molar-refractivity contribution is 0.322. The predicted molar refractivity (Wildman–Crippen MR) is 78.7 cm³/mol. The number of alkyl halides is 2. The van der Waals surface area contributed by atoms with Crippen molar-refractivity contribution in [3.8, 4) is 0 Å². The third-order valence-corrected chi connectivity index (χ3v) is 2.69. The van der Waals surface area contributed by atoms with E-state index in [1.54, 1.807) is 0 Å². The minimum absolute atomic E-state index is 0.0547. The average molecular weight is 289 g/mol. The summed E-state index contributed by atoms with van der Waals surface area (Å²) in [6, 6.07) is 7.71. The van der Waals surface area contributed by atoms with Gasteiger partial charge in [0.2, 0.25) is 0 Å². The molecule has 0 aliphatic carbocycles. The molecule has 0 aromatic heterocycles. The van der Waals surface area contributed by atoms with Crippen LogP contribution in [0.4, 0.5) is 5.69 Å². The number of anilines is 1. The van der Waals surface area contributed by atoms with E-state index in [0.29, 0.717) is 0 Å². The van der Waals surface area contributed by atoms with E-state index < -0.39 is 0 Å². The van der Waals surface area contributed by atoms with Gasteiger partial charge in [0.25, 0.3) is 0 Å². The van der Waals surface area contributed by atoms with Crippen molar-refractivity contribution >= 4 is 35.1 Å². The number of hydrogen-bond donors (Lipinski definition) is 1. The lowest BCUT2D eigenvalue weighted by Crippen LogP contribution is -2.33. The van der Waals surface area contributed by atoms with E-state index in [1.807, 2.05) is 38.1 Å². The maximum atomic E-state index is 8.46. The maximum absolute atomic E-state index is 8.46. The Kier molecular flexibility index (Phi) is 6.30. The molecule has 1 aromatic rings. The molecule has 100 valence electrons. The first-order chi connectivity index (χ1) is 8.52. The zero-order valence-electron chi connectivity index (χ0n) is 10.6. The van der Waals surface area contributed by atoms with Crippen molar-refractivity contribution in [2.45, 2.75) is 24.6 Å². The number of rotatable bonds is 6. The summed E-state index contributed by atoms with van der Waals surface area (Å²) in [5.41, 5.74) is 1.91. The van der Waals surface area contributed by atoms with Crippen LogP contribution < -0.4 is 4.90 Å². The third-order valence-electron chi connectivity index (χ3n) is 2.41. The van der Waals surface area contributed by atoms with Crippen molar-refractivity contribution in [3.05, 3.63) is 29.8 Å². The quantitative estimate of drug-likeness (QED) is 0.376. The molecule has 2 unspecified atom stereocenters. The Hall–Kier alpha value is -0.930. The van der Waals surface area contributed by atoms with Gasteiger partial charge in [0.1, 0.15) is 0 Å². The highest BCUT2D eigenvalue weighted by atomic mass is 35.5. The van der Waals surface area contributed by atoms with Crippen LogP contribution in [0.3, 0.4) is 0 Å². The first-order valence-corrected chi connectivity index (χ1v) is 6.70.